The van der Waals surface area contributed by atoms with E-state index in [0.717, 1.165) is 44.8 Å². The van der Waals surface area contributed by atoms with E-state index in [1.165, 1.54) is 5.56 Å². The van der Waals surface area contributed by atoms with Crippen molar-refractivity contribution in [3.8, 4) is 0 Å². The van der Waals surface area contributed by atoms with Gasteiger partial charge in [-0.05, 0) is 61.2 Å². The summed E-state index contributed by atoms with van der Waals surface area (Å²) in [7, 11) is 2.00. The lowest BCUT2D eigenvalue weighted by atomic mass is 9.96. The van der Waals surface area contributed by atoms with E-state index >= 15 is 0 Å². The number of carbonyl (C=O) groups is 1. The van der Waals surface area contributed by atoms with Crippen LogP contribution in [0.3, 0.4) is 0 Å². The maximum Gasteiger partial charge on any atom is 0.222 e. The largest absolute Gasteiger partial charge is 0.343 e. The minimum atomic E-state index is 0. The van der Waals surface area contributed by atoms with E-state index in [-0.39, 0.29) is 12.4 Å². The van der Waals surface area contributed by atoms with Crippen LogP contribution in [0, 0.1) is 5.92 Å². The average molecular weight is 303 g/mol. The number of nitrogens with one attached hydrogen (secondary N) is 1. The monoisotopic (exact) mass is 302 g/mol. The Balaban J connectivity index is 0.00000180. The Morgan fingerprint density at radius 3 is 2.79 bits per heavy atom. The number of halogens is 1. The molecule has 1 aromatic rings. The lowest BCUT2D eigenvalue weighted by molar-refractivity contribution is -0.132. The summed E-state index contributed by atoms with van der Waals surface area (Å²) in [6.07, 6.45) is 3.84. The van der Waals surface area contributed by atoms with Crippen LogP contribution in [0.1, 0.15) is 24.8 Å². The highest BCUT2D eigenvalue weighted by Crippen LogP contribution is 2.17. The minimum Gasteiger partial charge on any atom is -0.343 e. The molecule has 3 nitrogen and oxygen atoms in total. The number of amides is 1. The van der Waals surface area contributed by atoms with Crippen LogP contribution in [-0.4, -0.2) is 37.5 Å². The van der Waals surface area contributed by atoms with Crippen molar-refractivity contribution in [2.24, 2.45) is 5.92 Å². The highest BCUT2D eigenvalue weighted by molar-refractivity contribution is 7.07. The predicted octanol–water partition coefficient (Wildman–Crippen LogP) is 2.56. The van der Waals surface area contributed by atoms with Gasteiger partial charge in [0.05, 0.1) is 0 Å². The number of piperidine rings is 1. The van der Waals surface area contributed by atoms with Crippen molar-refractivity contribution in [3.63, 3.8) is 0 Å². The van der Waals surface area contributed by atoms with Gasteiger partial charge in [0.25, 0.3) is 0 Å². The summed E-state index contributed by atoms with van der Waals surface area (Å²) in [5.74, 6) is 1.07. The normalized spacial score (nSPS) is 16.2. The molecule has 0 unspecified atom stereocenters. The molecule has 0 aromatic carbocycles. The van der Waals surface area contributed by atoms with Gasteiger partial charge in [0.2, 0.25) is 5.91 Å². The summed E-state index contributed by atoms with van der Waals surface area (Å²) in [5.41, 5.74) is 1.29. The highest BCUT2D eigenvalue weighted by Gasteiger charge is 2.21. The molecule has 1 aliphatic rings. The van der Waals surface area contributed by atoms with E-state index in [2.05, 4.69) is 22.1 Å². The molecule has 2 heterocycles. The van der Waals surface area contributed by atoms with Crippen molar-refractivity contribution in [1.29, 1.82) is 0 Å². The molecule has 0 radical (unpaired) electrons. The van der Waals surface area contributed by atoms with Crippen LogP contribution in [0.4, 0.5) is 0 Å². The fraction of sp³-hybridized carbons (Fsp3) is 0.643. The number of thiophene rings is 1. The molecular weight excluding hydrogens is 280 g/mol. The van der Waals surface area contributed by atoms with Gasteiger partial charge in [-0.2, -0.15) is 11.3 Å². The molecule has 0 saturated carbocycles. The molecule has 5 heteroatoms. The zero-order valence-electron chi connectivity index (χ0n) is 11.4. The van der Waals surface area contributed by atoms with E-state index in [0.29, 0.717) is 12.3 Å². The number of likely N-dealkylation sites (tertiary alicyclic amines) is 1. The first-order valence-electron chi connectivity index (χ1n) is 6.73. The number of nitrogens with zero attached hydrogens (tertiary/aromatic N) is 1. The Labute approximate surface area is 125 Å². The quantitative estimate of drug-likeness (QED) is 0.906. The van der Waals surface area contributed by atoms with Crippen LogP contribution in [0.15, 0.2) is 16.8 Å². The topological polar surface area (TPSA) is 32.3 Å². The molecule has 1 amide bonds. The van der Waals surface area contributed by atoms with Crippen molar-refractivity contribution >= 4 is 29.7 Å². The Morgan fingerprint density at radius 1 is 1.47 bits per heavy atom. The van der Waals surface area contributed by atoms with Gasteiger partial charge < -0.3 is 10.2 Å². The first kappa shape index (κ1) is 16.5. The zero-order valence-corrected chi connectivity index (χ0v) is 13.1. The van der Waals surface area contributed by atoms with Gasteiger partial charge >= 0.3 is 0 Å². The lowest BCUT2D eigenvalue weighted by Crippen LogP contribution is -2.40. The molecule has 1 N–H and O–H groups in total. The second-order valence-electron chi connectivity index (χ2n) is 5.01. The summed E-state index contributed by atoms with van der Waals surface area (Å²) in [5, 5.41) is 7.43. The first-order chi connectivity index (χ1) is 8.79. The van der Waals surface area contributed by atoms with Gasteiger partial charge in [-0.15, -0.1) is 12.4 Å². The van der Waals surface area contributed by atoms with Gasteiger partial charge in [-0.1, -0.05) is 0 Å². The van der Waals surface area contributed by atoms with E-state index in [4.69, 9.17) is 0 Å². The molecular formula is C14H23ClN2OS. The van der Waals surface area contributed by atoms with Crippen LogP contribution in [-0.2, 0) is 11.2 Å². The maximum absolute atomic E-state index is 12.1. The number of rotatable bonds is 5. The molecule has 0 atom stereocenters. The molecule has 0 aliphatic carbocycles. The van der Waals surface area contributed by atoms with Gasteiger partial charge in [0, 0.05) is 19.5 Å². The van der Waals surface area contributed by atoms with Crippen molar-refractivity contribution in [2.75, 3.05) is 26.7 Å². The summed E-state index contributed by atoms with van der Waals surface area (Å²) in [6, 6.07) is 2.11. The molecule has 1 fully saturated rings. The summed E-state index contributed by atoms with van der Waals surface area (Å²) < 4.78 is 0. The molecule has 19 heavy (non-hydrogen) atoms. The predicted molar refractivity (Wildman–Crippen MR) is 83.1 cm³/mol. The number of aryl methyl sites for hydroxylation is 1. The van der Waals surface area contributed by atoms with Crippen LogP contribution < -0.4 is 5.32 Å². The van der Waals surface area contributed by atoms with E-state index in [9.17, 15) is 4.79 Å². The second-order valence-corrected chi connectivity index (χ2v) is 5.79. The molecule has 0 bridgehead atoms. The van der Waals surface area contributed by atoms with Gasteiger partial charge in [-0.25, -0.2) is 0 Å². The van der Waals surface area contributed by atoms with Gasteiger partial charge in [0.1, 0.15) is 0 Å². The molecule has 1 aromatic heterocycles. The third-order valence-corrected chi connectivity index (χ3v) is 4.40. The molecule has 0 spiro atoms. The molecule has 2 rings (SSSR count). The molecule has 108 valence electrons. The van der Waals surface area contributed by atoms with Crippen molar-refractivity contribution in [3.05, 3.63) is 22.4 Å². The Bertz CT molecular complexity index is 362. The van der Waals surface area contributed by atoms with Crippen LogP contribution >= 0.6 is 23.7 Å². The van der Waals surface area contributed by atoms with Gasteiger partial charge in [0.15, 0.2) is 0 Å². The number of carbonyl (C=O) groups excluding carboxylic acids is 1. The van der Waals surface area contributed by atoms with Crippen molar-refractivity contribution in [1.82, 2.24) is 10.2 Å². The number of hydrogen-bond acceptors (Lipinski definition) is 3. The summed E-state index contributed by atoms with van der Waals surface area (Å²) in [4.78, 5) is 14.1. The Hall–Kier alpha value is -0.580. The van der Waals surface area contributed by atoms with Crippen LogP contribution in [0.25, 0.3) is 0 Å². The van der Waals surface area contributed by atoms with Crippen molar-refractivity contribution in [2.45, 2.75) is 25.7 Å². The summed E-state index contributed by atoms with van der Waals surface area (Å²) >= 11 is 1.70. The standard InChI is InChI=1S/C14H22N2OS.ClH/c1-15-10-12-4-7-16(8-5-12)14(17)3-2-13-6-9-18-11-13;/h6,9,11-12,15H,2-5,7-8,10H2,1H3;1H. The lowest BCUT2D eigenvalue weighted by Gasteiger charge is -2.32. The smallest absolute Gasteiger partial charge is 0.222 e. The SMILES string of the molecule is CNCC1CCN(C(=O)CCc2ccsc2)CC1.Cl. The van der Waals surface area contributed by atoms with E-state index < -0.39 is 0 Å². The Morgan fingerprint density at radius 2 is 2.21 bits per heavy atom. The van der Waals surface area contributed by atoms with Crippen molar-refractivity contribution < 1.29 is 4.79 Å². The van der Waals surface area contributed by atoms with E-state index in [1.807, 2.05) is 11.9 Å². The third-order valence-electron chi connectivity index (χ3n) is 3.67. The van der Waals surface area contributed by atoms with Crippen LogP contribution in [0.2, 0.25) is 0 Å². The van der Waals surface area contributed by atoms with Crippen LogP contribution in [0.5, 0.6) is 0 Å². The highest BCUT2D eigenvalue weighted by atomic mass is 35.5. The Kier molecular flexibility index (Phi) is 7.42. The number of hydrogen-bond donors (Lipinski definition) is 1. The second kappa shape index (κ2) is 8.56. The molecule has 1 saturated heterocycles. The maximum atomic E-state index is 12.1. The summed E-state index contributed by atoms with van der Waals surface area (Å²) in [6.45, 7) is 2.96. The third kappa shape index (κ3) is 5.13. The fourth-order valence-electron chi connectivity index (χ4n) is 2.52. The fourth-order valence-corrected chi connectivity index (χ4v) is 3.22. The van der Waals surface area contributed by atoms with E-state index in [1.54, 1.807) is 11.3 Å². The zero-order chi connectivity index (χ0) is 12.8. The first-order valence-corrected chi connectivity index (χ1v) is 7.67. The minimum absolute atomic E-state index is 0. The van der Waals surface area contributed by atoms with Gasteiger partial charge in [-0.3, -0.25) is 4.79 Å². The molecule has 1 aliphatic heterocycles. The average Bonchev–Trinajstić information content (AvgIpc) is 2.90.